The van der Waals surface area contributed by atoms with Crippen molar-refractivity contribution in [3.8, 4) is 10.6 Å². The van der Waals surface area contributed by atoms with Crippen molar-refractivity contribution in [1.29, 1.82) is 0 Å². The Hall–Kier alpha value is -1.72. The second kappa shape index (κ2) is 7.26. The SMILES string of the molecule is Cc1ccc(-c2nc(C)c(C(=O)N3CCC[C@H]([C@H](C)N)C3)s2)c(C)c1. The summed E-state index contributed by atoms with van der Waals surface area (Å²) >= 11 is 1.51. The molecule has 1 aromatic heterocycles. The van der Waals surface area contributed by atoms with Gasteiger partial charge >= 0.3 is 0 Å². The van der Waals surface area contributed by atoms with E-state index < -0.39 is 0 Å². The third kappa shape index (κ3) is 3.77. The number of benzene rings is 1. The lowest BCUT2D eigenvalue weighted by atomic mass is 9.92. The van der Waals surface area contributed by atoms with Gasteiger partial charge in [-0.05, 0) is 52.0 Å². The van der Waals surface area contributed by atoms with Crippen LogP contribution in [0.25, 0.3) is 10.6 Å². The number of piperidine rings is 1. The Balaban J connectivity index is 1.86. The molecule has 0 spiro atoms. The van der Waals surface area contributed by atoms with Crippen molar-refractivity contribution in [2.75, 3.05) is 13.1 Å². The van der Waals surface area contributed by atoms with Crippen molar-refractivity contribution in [3.63, 3.8) is 0 Å². The van der Waals surface area contributed by atoms with E-state index in [1.165, 1.54) is 22.5 Å². The Bertz CT molecular complexity index is 781. The summed E-state index contributed by atoms with van der Waals surface area (Å²) in [5, 5.41) is 0.930. The predicted octanol–water partition coefficient (Wildman–Crippen LogP) is 3.93. The molecule has 1 aromatic carbocycles. The first-order valence-electron chi connectivity index (χ1n) is 8.96. The van der Waals surface area contributed by atoms with E-state index in [4.69, 9.17) is 5.73 Å². The maximum atomic E-state index is 13.0. The third-order valence-electron chi connectivity index (χ3n) is 5.09. The molecule has 2 aromatic rings. The number of hydrogen-bond acceptors (Lipinski definition) is 4. The second-order valence-corrected chi connectivity index (χ2v) is 8.26. The highest BCUT2D eigenvalue weighted by atomic mass is 32.1. The largest absolute Gasteiger partial charge is 0.338 e. The number of aryl methyl sites for hydroxylation is 3. The molecule has 2 heterocycles. The molecule has 0 aliphatic carbocycles. The molecular weight excluding hydrogens is 330 g/mol. The lowest BCUT2D eigenvalue weighted by Crippen LogP contribution is -2.45. The molecule has 2 atom stereocenters. The Morgan fingerprint density at radius 1 is 1.36 bits per heavy atom. The molecule has 1 saturated heterocycles. The van der Waals surface area contributed by atoms with E-state index in [2.05, 4.69) is 37.0 Å². The first-order chi connectivity index (χ1) is 11.9. The van der Waals surface area contributed by atoms with Gasteiger partial charge in [-0.15, -0.1) is 11.3 Å². The number of nitrogens with zero attached hydrogens (tertiary/aromatic N) is 2. The highest BCUT2D eigenvalue weighted by Crippen LogP contribution is 2.32. The molecule has 1 aliphatic rings. The molecule has 1 amide bonds. The summed E-state index contributed by atoms with van der Waals surface area (Å²) in [5.74, 6) is 0.501. The van der Waals surface area contributed by atoms with Gasteiger partial charge in [0.2, 0.25) is 0 Å². The van der Waals surface area contributed by atoms with E-state index in [0.29, 0.717) is 5.92 Å². The van der Waals surface area contributed by atoms with Crippen molar-refractivity contribution in [2.45, 2.75) is 46.6 Å². The van der Waals surface area contributed by atoms with Crippen molar-refractivity contribution in [1.82, 2.24) is 9.88 Å². The van der Waals surface area contributed by atoms with Crippen LogP contribution in [0.1, 0.15) is 46.3 Å². The molecule has 5 heteroatoms. The van der Waals surface area contributed by atoms with Crippen LogP contribution in [0.15, 0.2) is 18.2 Å². The van der Waals surface area contributed by atoms with Gasteiger partial charge in [-0.1, -0.05) is 23.8 Å². The van der Waals surface area contributed by atoms with Gasteiger partial charge in [-0.25, -0.2) is 4.98 Å². The summed E-state index contributed by atoms with van der Waals surface area (Å²) in [6.07, 6.45) is 2.14. The van der Waals surface area contributed by atoms with Crippen molar-refractivity contribution in [3.05, 3.63) is 39.9 Å². The monoisotopic (exact) mass is 357 g/mol. The van der Waals surface area contributed by atoms with E-state index in [1.54, 1.807) is 0 Å². The molecule has 0 bridgehead atoms. The van der Waals surface area contributed by atoms with Crippen LogP contribution < -0.4 is 5.73 Å². The van der Waals surface area contributed by atoms with Gasteiger partial charge in [-0.3, -0.25) is 4.79 Å². The molecular formula is C20H27N3OS. The van der Waals surface area contributed by atoms with Gasteiger partial charge in [0.25, 0.3) is 5.91 Å². The van der Waals surface area contributed by atoms with Crippen LogP contribution in [-0.4, -0.2) is 34.9 Å². The number of hydrogen-bond donors (Lipinski definition) is 1. The van der Waals surface area contributed by atoms with Crippen molar-refractivity contribution in [2.24, 2.45) is 11.7 Å². The number of carbonyl (C=O) groups excluding carboxylic acids is 1. The topological polar surface area (TPSA) is 59.2 Å². The normalized spacial score (nSPS) is 19.1. The highest BCUT2D eigenvalue weighted by molar-refractivity contribution is 7.17. The number of likely N-dealkylation sites (tertiary alicyclic amines) is 1. The summed E-state index contributed by atoms with van der Waals surface area (Å²) in [5.41, 5.74) is 10.4. The molecule has 0 unspecified atom stereocenters. The molecule has 2 N–H and O–H groups in total. The first kappa shape index (κ1) is 18.1. The smallest absolute Gasteiger partial charge is 0.265 e. The minimum Gasteiger partial charge on any atom is -0.338 e. The van der Waals surface area contributed by atoms with E-state index in [0.717, 1.165) is 47.1 Å². The molecule has 0 saturated carbocycles. The Morgan fingerprint density at radius 3 is 2.80 bits per heavy atom. The maximum Gasteiger partial charge on any atom is 0.265 e. The van der Waals surface area contributed by atoms with Gasteiger partial charge in [0.15, 0.2) is 0 Å². The molecule has 3 rings (SSSR count). The lowest BCUT2D eigenvalue weighted by molar-refractivity contribution is 0.0665. The van der Waals surface area contributed by atoms with E-state index in [1.807, 2.05) is 18.7 Å². The zero-order chi connectivity index (χ0) is 18.1. The van der Waals surface area contributed by atoms with E-state index >= 15 is 0 Å². The van der Waals surface area contributed by atoms with Gasteiger partial charge < -0.3 is 10.6 Å². The number of carbonyl (C=O) groups is 1. The van der Waals surface area contributed by atoms with Gasteiger partial charge in [-0.2, -0.15) is 0 Å². The van der Waals surface area contributed by atoms with Crippen LogP contribution in [0.5, 0.6) is 0 Å². The zero-order valence-electron chi connectivity index (χ0n) is 15.5. The van der Waals surface area contributed by atoms with Crippen LogP contribution in [-0.2, 0) is 0 Å². The minimum atomic E-state index is 0.108. The first-order valence-corrected chi connectivity index (χ1v) is 9.78. The Morgan fingerprint density at radius 2 is 2.12 bits per heavy atom. The highest BCUT2D eigenvalue weighted by Gasteiger charge is 2.28. The summed E-state index contributed by atoms with van der Waals surface area (Å²) in [6.45, 7) is 9.73. The second-order valence-electron chi connectivity index (χ2n) is 7.26. The van der Waals surface area contributed by atoms with Crippen LogP contribution in [0, 0.1) is 26.7 Å². The van der Waals surface area contributed by atoms with Crippen LogP contribution >= 0.6 is 11.3 Å². The average Bonchev–Trinajstić information content (AvgIpc) is 2.95. The lowest BCUT2D eigenvalue weighted by Gasteiger charge is -2.34. The zero-order valence-corrected chi connectivity index (χ0v) is 16.3. The number of amides is 1. The molecule has 25 heavy (non-hydrogen) atoms. The molecule has 0 radical (unpaired) electrons. The number of nitrogens with two attached hydrogens (primary N) is 1. The summed E-state index contributed by atoms with van der Waals surface area (Å²) in [4.78, 5) is 20.4. The maximum absolute atomic E-state index is 13.0. The molecule has 1 aliphatic heterocycles. The summed E-state index contributed by atoms with van der Waals surface area (Å²) < 4.78 is 0. The minimum absolute atomic E-state index is 0.108. The fourth-order valence-corrected chi connectivity index (χ4v) is 4.66. The van der Waals surface area contributed by atoms with E-state index in [-0.39, 0.29) is 11.9 Å². The fourth-order valence-electron chi connectivity index (χ4n) is 3.53. The van der Waals surface area contributed by atoms with Crippen molar-refractivity contribution < 1.29 is 4.79 Å². The number of aromatic nitrogens is 1. The summed E-state index contributed by atoms with van der Waals surface area (Å²) in [6, 6.07) is 6.48. The fraction of sp³-hybridized carbons (Fsp3) is 0.500. The van der Waals surface area contributed by atoms with Crippen LogP contribution in [0.2, 0.25) is 0 Å². The van der Waals surface area contributed by atoms with Crippen LogP contribution in [0.4, 0.5) is 0 Å². The standard InChI is InChI=1S/C20H27N3OS/c1-12-7-8-17(13(2)10-12)19-22-15(4)18(25-19)20(24)23-9-5-6-16(11-23)14(3)21/h7-8,10,14,16H,5-6,9,11,21H2,1-4H3/t14-,16-/m0/s1. The molecule has 4 nitrogen and oxygen atoms in total. The third-order valence-corrected chi connectivity index (χ3v) is 6.27. The number of rotatable bonds is 3. The predicted molar refractivity (Wildman–Crippen MR) is 104 cm³/mol. The van der Waals surface area contributed by atoms with Crippen molar-refractivity contribution >= 4 is 17.2 Å². The quantitative estimate of drug-likeness (QED) is 0.905. The summed E-state index contributed by atoms with van der Waals surface area (Å²) in [7, 11) is 0. The Labute approximate surface area is 154 Å². The van der Waals surface area contributed by atoms with Crippen LogP contribution in [0.3, 0.4) is 0 Å². The van der Waals surface area contributed by atoms with Gasteiger partial charge in [0.1, 0.15) is 9.88 Å². The van der Waals surface area contributed by atoms with Gasteiger partial charge in [0.05, 0.1) is 5.69 Å². The average molecular weight is 358 g/mol. The molecule has 134 valence electrons. The van der Waals surface area contributed by atoms with Gasteiger partial charge in [0, 0.05) is 24.7 Å². The number of thiazole rings is 1. The molecule has 1 fully saturated rings. The van der Waals surface area contributed by atoms with E-state index in [9.17, 15) is 4.79 Å². The Kier molecular flexibility index (Phi) is 5.25.